The van der Waals surface area contributed by atoms with Crippen molar-refractivity contribution in [3.8, 4) is 11.4 Å². The van der Waals surface area contributed by atoms with E-state index in [9.17, 15) is 0 Å². The summed E-state index contributed by atoms with van der Waals surface area (Å²) in [6.45, 7) is 11.7. The lowest BCUT2D eigenvalue weighted by Crippen LogP contribution is -2.46. The highest BCUT2D eigenvalue weighted by Crippen LogP contribution is 2.34. The highest BCUT2D eigenvalue weighted by atomic mass is 79.9. The average molecular weight is 562 g/mol. The second kappa shape index (κ2) is 10.9. The number of nitrogens with zero attached hydrogens (tertiary/aromatic N) is 5. The summed E-state index contributed by atoms with van der Waals surface area (Å²) in [5.74, 6) is 0.859. The van der Waals surface area contributed by atoms with E-state index in [-0.39, 0.29) is 0 Å². The molecule has 0 saturated carbocycles. The van der Waals surface area contributed by atoms with Crippen molar-refractivity contribution in [3.05, 3.63) is 75.9 Å². The minimum Gasteiger partial charge on any atom is -0.379 e. The van der Waals surface area contributed by atoms with Crippen LogP contribution in [0.25, 0.3) is 22.6 Å². The summed E-state index contributed by atoms with van der Waals surface area (Å²) in [6, 6.07) is 17.6. The molecule has 2 aromatic carbocycles. The van der Waals surface area contributed by atoms with Crippen molar-refractivity contribution >= 4 is 32.8 Å². The van der Waals surface area contributed by atoms with Gasteiger partial charge in [0.15, 0.2) is 5.65 Å². The van der Waals surface area contributed by atoms with Crippen LogP contribution in [0, 0.1) is 6.92 Å². The zero-order valence-corrected chi connectivity index (χ0v) is 22.9. The van der Waals surface area contributed by atoms with E-state index in [2.05, 4.69) is 96.1 Å². The van der Waals surface area contributed by atoms with E-state index in [1.165, 1.54) is 16.7 Å². The standard InChI is InChI=1S/C29H33BrN6O/c1-21-2-4-22(5-3-21)19-34-10-12-36(13-11-34)27-25(30)18-31-29-26(27)32-28(33-29)24-8-6-23(7-9-24)20-35-14-16-37-17-15-35/h2-9,18H,10-17,19-20H2,1H3,(H,31,32,33). The first kappa shape index (κ1) is 24.6. The summed E-state index contributed by atoms with van der Waals surface area (Å²) in [7, 11) is 0. The van der Waals surface area contributed by atoms with Crippen LogP contribution in [0.1, 0.15) is 16.7 Å². The lowest BCUT2D eigenvalue weighted by Gasteiger charge is -2.36. The monoisotopic (exact) mass is 560 g/mol. The molecule has 4 heterocycles. The van der Waals surface area contributed by atoms with Gasteiger partial charge in [0.2, 0.25) is 0 Å². The molecular weight excluding hydrogens is 528 g/mol. The van der Waals surface area contributed by atoms with E-state index in [4.69, 9.17) is 9.72 Å². The number of imidazole rings is 1. The van der Waals surface area contributed by atoms with Gasteiger partial charge in [-0.25, -0.2) is 9.97 Å². The van der Waals surface area contributed by atoms with Gasteiger partial charge >= 0.3 is 0 Å². The Bertz CT molecular complexity index is 1340. The van der Waals surface area contributed by atoms with E-state index < -0.39 is 0 Å². The average Bonchev–Trinajstić information content (AvgIpc) is 3.36. The van der Waals surface area contributed by atoms with Crippen LogP contribution in [0.5, 0.6) is 0 Å². The molecule has 4 aromatic rings. The van der Waals surface area contributed by atoms with Gasteiger partial charge in [-0.05, 0) is 34.0 Å². The summed E-state index contributed by atoms with van der Waals surface area (Å²) in [5.41, 5.74) is 7.98. The second-order valence-electron chi connectivity index (χ2n) is 10.1. The fourth-order valence-electron chi connectivity index (χ4n) is 5.23. The number of H-pyrrole nitrogens is 1. The maximum absolute atomic E-state index is 5.47. The predicted molar refractivity (Wildman–Crippen MR) is 152 cm³/mol. The van der Waals surface area contributed by atoms with Crippen molar-refractivity contribution in [1.29, 1.82) is 0 Å². The van der Waals surface area contributed by atoms with Crippen LogP contribution in [0.2, 0.25) is 0 Å². The SMILES string of the molecule is Cc1ccc(CN2CCN(c3c(Br)cnc4nc(-c5ccc(CN6CCOCC6)cc5)[nH]c34)CC2)cc1. The maximum Gasteiger partial charge on any atom is 0.180 e. The van der Waals surface area contributed by atoms with Gasteiger partial charge in [0.25, 0.3) is 0 Å². The fourth-order valence-corrected chi connectivity index (χ4v) is 5.79. The van der Waals surface area contributed by atoms with Crippen LogP contribution >= 0.6 is 15.9 Å². The van der Waals surface area contributed by atoms with Gasteiger partial charge in [-0.2, -0.15) is 0 Å². The number of hydrogen-bond acceptors (Lipinski definition) is 6. The van der Waals surface area contributed by atoms with Crippen LogP contribution in [-0.4, -0.2) is 77.2 Å². The molecule has 1 N–H and O–H groups in total. The molecule has 6 rings (SSSR count). The third kappa shape index (κ3) is 5.57. The molecule has 7 nitrogen and oxygen atoms in total. The van der Waals surface area contributed by atoms with Gasteiger partial charge in [-0.15, -0.1) is 0 Å². The minimum atomic E-state index is 0.757. The molecule has 2 fully saturated rings. The smallest absolute Gasteiger partial charge is 0.180 e. The minimum absolute atomic E-state index is 0.757. The Balaban J connectivity index is 1.16. The Morgan fingerprint density at radius 3 is 2.14 bits per heavy atom. The largest absolute Gasteiger partial charge is 0.379 e. The molecule has 0 bridgehead atoms. The molecule has 2 aliphatic rings. The van der Waals surface area contributed by atoms with Gasteiger partial charge in [0.05, 0.1) is 23.4 Å². The second-order valence-corrected chi connectivity index (χ2v) is 10.9. The number of morpholine rings is 1. The number of fused-ring (bicyclic) bond motifs is 1. The number of pyridine rings is 1. The normalized spacial score (nSPS) is 17.5. The molecule has 2 aliphatic heterocycles. The summed E-state index contributed by atoms with van der Waals surface area (Å²) < 4.78 is 6.47. The third-order valence-electron chi connectivity index (χ3n) is 7.40. The fraction of sp³-hybridized carbons (Fsp3) is 0.379. The molecule has 0 atom stereocenters. The number of rotatable bonds is 6. The van der Waals surface area contributed by atoms with Crippen LogP contribution in [-0.2, 0) is 17.8 Å². The number of aromatic amines is 1. The van der Waals surface area contributed by atoms with Crippen molar-refractivity contribution in [2.45, 2.75) is 20.0 Å². The molecule has 8 heteroatoms. The zero-order chi connectivity index (χ0) is 25.2. The summed E-state index contributed by atoms with van der Waals surface area (Å²) in [5, 5.41) is 0. The number of aromatic nitrogens is 3. The highest BCUT2D eigenvalue weighted by molar-refractivity contribution is 9.10. The lowest BCUT2D eigenvalue weighted by atomic mass is 10.1. The van der Waals surface area contributed by atoms with Gasteiger partial charge in [-0.1, -0.05) is 54.1 Å². The molecular formula is C29H33BrN6O. The van der Waals surface area contributed by atoms with E-state index in [0.29, 0.717) is 0 Å². The first-order valence-electron chi connectivity index (χ1n) is 13.1. The van der Waals surface area contributed by atoms with E-state index in [1.54, 1.807) is 0 Å². The predicted octanol–water partition coefficient (Wildman–Crippen LogP) is 4.85. The van der Waals surface area contributed by atoms with Gasteiger partial charge in [0, 0.05) is 64.1 Å². The van der Waals surface area contributed by atoms with Crippen LogP contribution < -0.4 is 4.90 Å². The first-order chi connectivity index (χ1) is 18.1. The quantitative estimate of drug-likeness (QED) is 0.363. The van der Waals surface area contributed by atoms with E-state index >= 15 is 0 Å². The Morgan fingerprint density at radius 2 is 1.46 bits per heavy atom. The van der Waals surface area contributed by atoms with E-state index in [0.717, 1.165) is 98.3 Å². The van der Waals surface area contributed by atoms with Crippen molar-refractivity contribution in [2.24, 2.45) is 0 Å². The van der Waals surface area contributed by atoms with Crippen molar-refractivity contribution < 1.29 is 4.74 Å². The number of aryl methyl sites for hydroxylation is 1. The van der Waals surface area contributed by atoms with Crippen LogP contribution in [0.4, 0.5) is 5.69 Å². The topological polar surface area (TPSA) is 60.5 Å². The van der Waals surface area contributed by atoms with Crippen molar-refractivity contribution in [3.63, 3.8) is 0 Å². The van der Waals surface area contributed by atoms with Crippen LogP contribution in [0.3, 0.4) is 0 Å². The molecule has 0 radical (unpaired) electrons. The third-order valence-corrected chi connectivity index (χ3v) is 7.98. The summed E-state index contributed by atoms with van der Waals surface area (Å²) >= 11 is 3.77. The van der Waals surface area contributed by atoms with Crippen molar-refractivity contribution in [1.82, 2.24) is 24.8 Å². The first-order valence-corrected chi connectivity index (χ1v) is 13.9. The number of anilines is 1. The van der Waals surface area contributed by atoms with Gasteiger partial charge < -0.3 is 14.6 Å². The zero-order valence-electron chi connectivity index (χ0n) is 21.3. The van der Waals surface area contributed by atoms with Crippen molar-refractivity contribution in [2.75, 3.05) is 57.4 Å². The number of halogens is 1. The molecule has 2 saturated heterocycles. The Kier molecular flexibility index (Phi) is 7.24. The van der Waals surface area contributed by atoms with Gasteiger partial charge in [-0.3, -0.25) is 9.80 Å². The maximum atomic E-state index is 5.47. The number of piperazine rings is 1. The Labute approximate surface area is 226 Å². The Morgan fingerprint density at radius 1 is 0.838 bits per heavy atom. The molecule has 0 amide bonds. The number of hydrogen-bond donors (Lipinski definition) is 1. The molecule has 0 unspecified atom stereocenters. The van der Waals surface area contributed by atoms with Crippen LogP contribution in [0.15, 0.2) is 59.2 Å². The number of nitrogens with one attached hydrogen (secondary N) is 1. The molecule has 0 spiro atoms. The number of ether oxygens (including phenoxy) is 1. The molecule has 192 valence electrons. The lowest BCUT2D eigenvalue weighted by molar-refractivity contribution is 0.0342. The van der Waals surface area contributed by atoms with E-state index in [1.807, 2.05) is 6.20 Å². The molecule has 37 heavy (non-hydrogen) atoms. The summed E-state index contributed by atoms with van der Waals surface area (Å²) in [4.78, 5) is 20.5. The number of benzene rings is 2. The Hall–Kier alpha value is -2.78. The van der Waals surface area contributed by atoms with Gasteiger partial charge in [0.1, 0.15) is 11.3 Å². The molecule has 2 aromatic heterocycles. The highest BCUT2D eigenvalue weighted by Gasteiger charge is 2.23. The molecule has 0 aliphatic carbocycles. The summed E-state index contributed by atoms with van der Waals surface area (Å²) in [6.07, 6.45) is 1.88.